The molecule has 12 nitrogen and oxygen atoms in total. The van der Waals surface area contributed by atoms with Gasteiger partial charge < -0.3 is 59.4 Å². The monoisotopic (exact) mass is 520 g/mol. The normalized spacial score (nSPS) is 5.56. The van der Waals surface area contributed by atoms with Crippen LogP contribution in [-0.2, 0) is 80.0 Å². The molecule has 0 unspecified atom stereocenters. The molecule has 0 aromatic heterocycles. The molecule has 0 rings (SSSR count). The molecule has 0 saturated carbocycles. The fraction of sp³-hybridized carbons (Fsp3) is 0.500. The summed E-state index contributed by atoms with van der Waals surface area (Å²) in [5, 5.41) is 53.3. The van der Waals surface area contributed by atoms with Gasteiger partial charge in [-0.15, -0.1) is 0 Å². The SMILES string of the molecule is CC(=O)[O-].CC(=O)[O-].CC(=O)[O-].CC(=O)[O-].CC(=O)[O-].CC(=O)[O-].[Fe+2].[Mn+2].[Mn+2]. The third-order valence-electron chi connectivity index (χ3n) is 0. The average Bonchev–Trinajstić information content (AvgIpc) is 2.08. The summed E-state index contributed by atoms with van der Waals surface area (Å²) in [7, 11) is 0. The van der Waals surface area contributed by atoms with Crippen molar-refractivity contribution in [2.24, 2.45) is 0 Å². The minimum absolute atomic E-state index is 0. The van der Waals surface area contributed by atoms with E-state index in [1.165, 1.54) is 0 Å². The van der Waals surface area contributed by atoms with Crippen molar-refractivity contribution in [3.8, 4) is 0 Å². The molecule has 0 bridgehead atoms. The maximum absolute atomic E-state index is 8.89. The number of carbonyl (C=O) groups excluding carboxylic acids is 6. The van der Waals surface area contributed by atoms with Crippen molar-refractivity contribution in [1.29, 1.82) is 0 Å². The molecule has 0 heterocycles. The molecular weight excluding hydrogens is 502 g/mol. The fourth-order valence-electron chi connectivity index (χ4n) is 0. The minimum Gasteiger partial charge on any atom is -0.550 e. The number of hydrogen-bond acceptors (Lipinski definition) is 12. The summed E-state index contributed by atoms with van der Waals surface area (Å²) in [4.78, 5) is 53.3. The third-order valence-corrected chi connectivity index (χ3v) is 0. The van der Waals surface area contributed by atoms with Crippen molar-refractivity contribution >= 4 is 35.8 Å². The Hall–Kier alpha value is -1.62. The molecule has 0 saturated heterocycles. The molecular formula is C12H18FeMn2O12. The number of aliphatic carboxylic acids is 6. The molecule has 0 fully saturated rings. The quantitative estimate of drug-likeness (QED) is 0.271. The second-order valence-corrected chi connectivity index (χ2v) is 2.95. The summed E-state index contributed by atoms with van der Waals surface area (Å²) in [5.74, 6) is -6.50. The van der Waals surface area contributed by atoms with Crippen LogP contribution < -0.4 is 30.6 Å². The third kappa shape index (κ3) is 4640. The van der Waals surface area contributed by atoms with E-state index in [2.05, 4.69) is 0 Å². The summed E-state index contributed by atoms with van der Waals surface area (Å²) in [6, 6.07) is 0. The number of carboxylic acids is 6. The summed E-state index contributed by atoms with van der Waals surface area (Å²) in [6.07, 6.45) is 0. The van der Waals surface area contributed by atoms with Gasteiger partial charge in [0.05, 0.1) is 0 Å². The van der Waals surface area contributed by atoms with E-state index >= 15 is 0 Å². The van der Waals surface area contributed by atoms with E-state index in [1.807, 2.05) is 0 Å². The van der Waals surface area contributed by atoms with E-state index in [0.29, 0.717) is 0 Å². The Kier molecular flexibility index (Phi) is 103. The second kappa shape index (κ2) is 49.7. The van der Waals surface area contributed by atoms with Crippen molar-refractivity contribution in [3.63, 3.8) is 0 Å². The molecule has 0 atom stereocenters. The largest absolute Gasteiger partial charge is 2.00 e. The van der Waals surface area contributed by atoms with E-state index in [4.69, 9.17) is 59.4 Å². The Morgan fingerprint density at radius 1 is 0.370 bits per heavy atom. The molecule has 0 aromatic carbocycles. The van der Waals surface area contributed by atoms with E-state index < -0.39 is 35.8 Å². The van der Waals surface area contributed by atoms with Gasteiger partial charge in [0.1, 0.15) is 0 Å². The molecule has 2 radical (unpaired) electrons. The summed E-state index contributed by atoms with van der Waals surface area (Å²) in [5.41, 5.74) is 0. The smallest absolute Gasteiger partial charge is 0.550 e. The van der Waals surface area contributed by atoms with Crippen LogP contribution in [0.1, 0.15) is 41.5 Å². The summed E-state index contributed by atoms with van der Waals surface area (Å²) in [6.45, 7) is 5.83. The van der Waals surface area contributed by atoms with Gasteiger partial charge in [-0.1, -0.05) is 0 Å². The first-order valence-electron chi connectivity index (χ1n) is 5.45. The number of carboxylic acid groups (broad SMARTS) is 6. The van der Waals surface area contributed by atoms with Crippen LogP contribution in [0.5, 0.6) is 0 Å². The van der Waals surface area contributed by atoms with Crippen LogP contribution in [-0.4, -0.2) is 35.8 Å². The molecule has 0 N–H and O–H groups in total. The maximum Gasteiger partial charge on any atom is 2.00 e. The number of hydrogen-bond donors (Lipinski definition) is 0. The zero-order chi connectivity index (χ0) is 21.5. The Balaban J connectivity index is -0.0000000201. The Morgan fingerprint density at radius 3 is 0.370 bits per heavy atom. The molecule has 0 amide bonds. The van der Waals surface area contributed by atoms with Crippen molar-refractivity contribution < 1.29 is 111 Å². The maximum atomic E-state index is 8.89. The molecule has 0 aromatic rings. The van der Waals surface area contributed by atoms with Crippen LogP contribution in [0.25, 0.3) is 0 Å². The average molecular weight is 520 g/mol. The molecule has 160 valence electrons. The Labute approximate surface area is 187 Å². The molecule has 0 aliphatic rings. The Morgan fingerprint density at radius 2 is 0.370 bits per heavy atom. The zero-order valence-corrected chi connectivity index (χ0v) is 18.5. The summed E-state index contributed by atoms with van der Waals surface area (Å²) < 4.78 is 0. The topological polar surface area (TPSA) is 241 Å². The van der Waals surface area contributed by atoms with Gasteiger partial charge >= 0.3 is 51.2 Å². The van der Waals surface area contributed by atoms with Gasteiger partial charge in [0.15, 0.2) is 0 Å². The van der Waals surface area contributed by atoms with E-state index in [-0.39, 0.29) is 51.2 Å². The van der Waals surface area contributed by atoms with Crippen molar-refractivity contribution in [3.05, 3.63) is 0 Å². The molecule has 27 heavy (non-hydrogen) atoms. The van der Waals surface area contributed by atoms with Crippen LogP contribution in [0.3, 0.4) is 0 Å². The van der Waals surface area contributed by atoms with Gasteiger partial charge in [-0.05, 0) is 41.5 Å². The van der Waals surface area contributed by atoms with Gasteiger partial charge in [0, 0.05) is 35.8 Å². The predicted octanol–water partition coefficient (Wildman–Crippen LogP) is -7.47. The van der Waals surface area contributed by atoms with Crippen molar-refractivity contribution in [2.75, 3.05) is 0 Å². The van der Waals surface area contributed by atoms with Gasteiger partial charge in [-0.25, -0.2) is 0 Å². The summed E-state index contributed by atoms with van der Waals surface area (Å²) >= 11 is 0. The van der Waals surface area contributed by atoms with Crippen molar-refractivity contribution in [1.82, 2.24) is 0 Å². The standard InChI is InChI=1S/6C2H4O2.Fe.2Mn/c6*1-2(3)4;;;/h6*1H3,(H,3,4);;;/q;;;;;;3*+2/p-6. The van der Waals surface area contributed by atoms with Gasteiger partial charge in [0.25, 0.3) is 0 Å². The number of carbonyl (C=O) groups is 6. The predicted molar refractivity (Wildman–Crippen MR) is 64.1 cm³/mol. The van der Waals surface area contributed by atoms with E-state index in [0.717, 1.165) is 41.5 Å². The second-order valence-electron chi connectivity index (χ2n) is 2.95. The van der Waals surface area contributed by atoms with Crippen molar-refractivity contribution in [2.45, 2.75) is 41.5 Å². The zero-order valence-electron chi connectivity index (χ0n) is 15.0. The molecule has 0 aliphatic carbocycles. The first-order valence-corrected chi connectivity index (χ1v) is 5.45. The van der Waals surface area contributed by atoms with Crippen LogP contribution in [0, 0.1) is 0 Å². The van der Waals surface area contributed by atoms with E-state index in [1.54, 1.807) is 0 Å². The van der Waals surface area contributed by atoms with Gasteiger partial charge in [-0.2, -0.15) is 0 Å². The Bertz CT molecular complexity index is 272. The van der Waals surface area contributed by atoms with Crippen LogP contribution in [0.2, 0.25) is 0 Å². The first-order chi connectivity index (χ1) is 10.4. The van der Waals surface area contributed by atoms with E-state index in [9.17, 15) is 0 Å². The first kappa shape index (κ1) is 56.2. The minimum atomic E-state index is -1.08. The van der Waals surface area contributed by atoms with Crippen LogP contribution in [0.15, 0.2) is 0 Å². The number of rotatable bonds is 0. The molecule has 0 aliphatic heterocycles. The van der Waals surface area contributed by atoms with Crippen LogP contribution in [0.4, 0.5) is 0 Å². The van der Waals surface area contributed by atoms with Gasteiger partial charge in [0.2, 0.25) is 0 Å². The molecule has 15 heteroatoms. The fourth-order valence-corrected chi connectivity index (χ4v) is 0. The van der Waals surface area contributed by atoms with Gasteiger partial charge in [-0.3, -0.25) is 0 Å². The molecule has 0 spiro atoms. The van der Waals surface area contributed by atoms with Crippen LogP contribution >= 0.6 is 0 Å².